The average Bonchev–Trinajstić information content (AvgIpc) is 3.39. The monoisotopic (exact) mass is 843 g/mol. The first-order chi connectivity index (χ1) is 31.0. The van der Waals surface area contributed by atoms with Crippen molar-refractivity contribution in [1.29, 1.82) is 0 Å². The quantitative estimate of drug-likeness (QED) is 0.142. The lowest BCUT2D eigenvalue weighted by molar-refractivity contribution is 1.25. The first kappa shape index (κ1) is 54.6. The van der Waals surface area contributed by atoms with Crippen molar-refractivity contribution in [3.05, 3.63) is 157 Å². The molecule has 332 valence electrons. The number of benzene rings is 4. The van der Waals surface area contributed by atoms with Gasteiger partial charge in [-0.3, -0.25) is 29.9 Å². The Kier molecular flexibility index (Phi) is 26.5. The molecule has 0 aliphatic carbocycles. The molecule has 6 nitrogen and oxygen atoms in total. The molecule has 0 spiro atoms. The maximum atomic E-state index is 4.69. The zero-order valence-corrected chi connectivity index (χ0v) is 41.5. The molecule has 6 heteroatoms. The van der Waals surface area contributed by atoms with E-state index in [4.69, 9.17) is 4.98 Å². The van der Waals surface area contributed by atoms with Crippen LogP contribution in [0.4, 0.5) is 0 Å². The molecular formula is C57H74N6. The maximum Gasteiger partial charge on any atom is 0.0974 e. The summed E-state index contributed by atoms with van der Waals surface area (Å²) in [4.78, 5) is 27.0. The van der Waals surface area contributed by atoms with Crippen molar-refractivity contribution in [2.24, 2.45) is 0 Å². The van der Waals surface area contributed by atoms with Gasteiger partial charge in [-0.25, -0.2) is 0 Å². The summed E-state index contributed by atoms with van der Waals surface area (Å²) in [5.41, 5.74) is 9.24. The molecular weight excluding hydrogens is 769 g/mol. The summed E-state index contributed by atoms with van der Waals surface area (Å²) in [6.07, 6.45) is 7.27. The van der Waals surface area contributed by atoms with Crippen LogP contribution in [0, 0.1) is 20.8 Å². The Hall–Kier alpha value is -6.40. The van der Waals surface area contributed by atoms with Crippen LogP contribution in [-0.2, 0) is 0 Å². The summed E-state index contributed by atoms with van der Waals surface area (Å²) in [7, 11) is 0. The molecule has 0 fully saturated rings. The summed E-state index contributed by atoms with van der Waals surface area (Å²) in [5.74, 6) is 0. The van der Waals surface area contributed by atoms with E-state index in [9.17, 15) is 0 Å². The molecule has 6 heterocycles. The number of aryl methyl sites for hydroxylation is 3. The molecule has 0 atom stereocenters. The van der Waals surface area contributed by atoms with Crippen molar-refractivity contribution >= 4 is 76.2 Å². The number of aromatic nitrogens is 6. The van der Waals surface area contributed by atoms with Gasteiger partial charge in [-0.1, -0.05) is 170 Å². The van der Waals surface area contributed by atoms with E-state index in [2.05, 4.69) is 117 Å². The second-order valence-corrected chi connectivity index (χ2v) is 12.1. The Balaban J connectivity index is 0.000000417. The minimum absolute atomic E-state index is 0.985. The van der Waals surface area contributed by atoms with Crippen LogP contribution in [0.25, 0.3) is 76.2 Å². The molecule has 0 aliphatic heterocycles. The molecule has 0 aliphatic rings. The summed E-state index contributed by atoms with van der Waals surface area (Å²) in [6, 6.07) is 39.3. The van der Waals surface area contributed by atoms with E-state index in [1.807, 2.05) is 166 Å². The highest BCUT2D eigenvalue weighted by atomic mass is 14.8. The molecule has 10 aromatic rings. The zero-order chi connectivity index (χ0) is 47.3. The van der Waals surface area contributed by atoms with E-state index in [-0.39, 0.29) is 0 Å². The van der Waals surface area contributed by atoms with Gasteiger partial charge in [0, 0.05) is 68.5 Å². The van der Waals surface area contributed by atoms with Gasteiger partial charge >= 0.3 is 0 Å². The van der Waals surface area contributed by atoms with Gasteiger partial charge in [0.1, 0.15) is 0 Å². The van der Waals surface area contributed by atoms with Gasteiger partial charge in [0.25, 0.3) is 0 Å². The Morgan fingerprint density at radius 2 is 0.619 bits per heavy atom. The first-order valence-electron chi connectivity index (χ1n) is 23.3. The van der Waals surface area contributed by atoms with Crippen molar-refractivity contribution < 1.29 is 0 Å². The van der Waals surface area contributed by atoms with Crippen molar-refractivity contribution in [1.82, 2.24) is 29.9 Å². The smallest absolute Gasteiger partial charge is 0.0974 e. The second kappa shape index (κ2) is 30.6. The first-order valence-corrected chi connectivity index (χ1v) is 23.3. The van der Waals surface area contributed by atoms with Crippen LogP contribution in [0.2, 0.25) is 0 Å². The van der Waals surface area contributed by atoms with Gasteiger partial charge in [0.05, 0.1) is 33.1 Å². The van der Waals surface area contributed by atoms with E-state index in [1.165, 1.54) is 32.5 Å². The third kappa shape index (κ3) is 13.8. The van der Waals surface area contributed by atoms with E-state index in [0.29, 0.717) is 0 Å². The number of pyridine rings is 6. The highest BCUT2D eigenvalue weighted by molar-refractivity contribution is 6.22. The maximum absolute atomic E-state index is 4.69. The van der Waals surface area contributed by atoms with Crippen molar-refractivity contribution in [2.45, 2.75) is 118 Å². The lowest BCUT2D eigenvalue weighted by Crippen LogP contribution is -1.89. The van der Waals surface area contributed by atoms with Crippen molar-refractivity contribution in [3.63, 3.8) is 0 Å². The fourth-order valence-corrected chi connectivity index (χ4v) is 6.50. The van der Waals surface area contributed by atoms with Crippen LogP contribution in [0.3, 0.4) is 0 Å². The predicted octanol–water partition coefficient (Wildman–Crippen LogP) is 17.6. The summed E-state index contributed by atoms with van der Waals surface area (Å²) in [6.45, 7) is 34.1. The molecule has 0 bridgehead atoms. The van der Waals surface area contributed by atoms with E-state index >= 15 is 0 Å². The van der Waals surface area contributed by atoms with Crippen LogP contribution in [0.5, 0.6) is 0 Å². The average molecular weight is 843 g/mol. The normalized spacial score (nSPS) is 9.35. The van der Waals surface area contributed by atoms with Crippen LogP contribution >= 0.6 is 0 Å². The van der Waals surface area contributed by atoms with Gasteiger partial charge in [-0.2, -0.15) is 0 Å². The minimum Gasteiger partial charge on any atom is -0.254 e. The summed E-state index contributed by atoms with van der Waals surface area (Å²) < 4.78 is 0. The summed E-state index contributed by atoms with van der Waals surface area (Å²) >= 11 is 0. The van der Waals surface area contributed by atoms with Gasteiger partial charge in [-0.05, 0) is 79.6 Å². The fraction of sp³-hybridized carbons (Fsp3) is 0.298. The molecule has 6 aromatic heterocycles. The topological polar surface area (TPSA) is 77.3 Å². The fourth-order valence-electron chi connectivity index (χ4n) is 6.50. The van der Waals surface area contributed by atoms with Crippen LogP contribution in [0.1, 0.15) is 114 Å². The largest absolute Gasteiger partial charge is 0.254 e. The van der Waals surface area contributed by atoms with Gasteiger partial charge < -0.3 is 0 Å². The third-order valence-corrected chi connectivity index (χ3v) is 8.81. The number of rotatable bonds is 0. The number of fused-ring (bicyclic) bond motifs is 12. The lowest BCUT2D eigenvalue weighted by Gasteiger charge is -2.08. The molecule has 0 saturated heterocycles. The second-order valence-electron chi connectivity index (χ2n) is 12.1. The Morgan fingerprint density at radius 1 is 0.270 bits per heavy atom. The molecule has 10 rings (SSSR count). The van der Waals surface area contributed by atoms with E-state index < -0.39 is 0 Å². The SMILES string of the molecule is CC.CC.CC.CC.CC.CC.CC.Cc1cc2cccnc2c2ncccc12.Cc1ccc2c3ccccc3c3cccnc3c2n1.Cc1ccc2ccc3cccnc3c2n1. The van der Waals surface area contributed by atoms with Gasteiger partial charge in [0.2, 0.25) is 0 Å². The standard InChI is InChI=1S/C17H12N2.2C13H10N2.7C2H6/c1-11-8-9-15-13-6-3-2-5-12(13)14-7-4-10-18-16(14)17(15)19-11;1-9-8-10-4-2-6-14-12(10)13-11(9)5-3-7-15-13;1-9-4-5-11-7-6-10-3-2-8-14-12(10)13(11)15-9;7*1-2/h2-10H,1H3;2*2-8H,1H3;7*1-2H3. The minimum atomic E-state index is 0.985. The highest BCUT2D eigenvalue weighted by Gasteiger charge is 2.10. The predicted molar refractivity (Wildman–Crippen MR) is 282 cm³/mol. The summed E-state index contributed by atoms with van der Waals surface area (Å²) in [5, 5.41) is 9.45. The molecule has 0 radical (unpaired) electrons. The van der Waals surface area contributed by atoms with Crippen molar-refractivity contribution in [3.8, 4) is 0 Å². The molecule has 4 aromatic carbocycles. The number of hydrogen-bond donors (Lipinski definition) is 0. The number of nitrogens with zero attached hydrogens (tertiary/aromatic N) is 6. The van der Waals surface area contributed by atoms with E-state index in [0.717, 1.165) is 60.6 Å². The van der Waals surface area contributed by atoms with Gasteiger partial charge in [-0.15, -0.1) is 0 Å². The van der Waals surface area contributed by atoms with Gasteiger partial charge in [0.15, 0.2) is 0 Å². The Labute approximate surface area is 379 Å². The molecule has 0 N–H and O–H groups in total. The lowest BCUT2D eigenvalue weighted by atomic mass is 10.00. The Bertz CT molecular complexity index is 2780. The van der Waals surface area contributed by atoms with E-state index in [1.54, 1.807) is 0 Å². The van der Waals surface area contributed by atoms with Crippen LogP contribution < -0.4 is 0 Å². The van der Waals surface area contributed by atoms with Crippen LogP contribution in [-0.4, -0.2) is 29.9 Å². The molecule has 0 unspecified atom stereocenters. The Morgan fingerprint density at radius 3 is 1.16 bits per heavy atom. The highest BCUT2D eigenvalue weighted by Crippen LogP contribution is 2.32. The van der Waals surface area contributed by atoms with Crippen LogP contribution in [0.15, 0.2) is 140 Å². The third-order valence-electron chi connectivity index (χ3n) is 8.81. The molecule has 0 saturated carbocycles. The zero-order valence-electron chi connectivity index (χ0n) is 41.5. The molecule has 0 amide bonds. The van der Waals surface area contributed by atoms with Crippen molar-refractivity contribution in [2.75, 3.05) is 0 Å². The molecule has 63 heavy (non-hydrogen) atoms. The number of hydrogen-bond acceptors (Lipinski definition) is 6.